The minimum absolute atomic E-state index is 0.374. The number of esters is 1. The van der Waals surface area contributed by atoms with Crippen LogP contribution in [0.5, 0.6) is 5.75 Å². The summed E-state index contributed by atoms with van der Waals surface area (Å²) >= 11 is 2.88. The van der Waals surface area contributed by atoms with Crippen LogP contribution in [0.4, 0.5) is 5.13 Å². The molecule has 0 bridgehead atoms. The van der Waals surface area contributed by atoms with Gasteiger partial charge in [-0.25, -0.2) is 9.78 Å². The van der Waals surface area contributed by atoms with Crippen LogP contribution in [-0.4, -0.2) is 36.8 Å². The van der Waals surface area contributed by atoms with E-state index < -0.39 is 11.9 Å². The number of thioether (sulfide) groups is 1. The number of nitrogens with zero attached hydrogens (tertiary/aromatic N) is 1. The SMILES string of the molecule is COc1ccc(-c2csc(NC(=O)COC(=O)c3ccc(SC)cc3)n2)cc1. The van der Waals surface area contributed by atoms with Gasteiger partial charge in [0.25, 0.3) is 5.91 Å². The summed E-state index contributed by atoms with van der Waals surface area (Å²) in [6.45, 7) is -0.374. The fourth-order valence-electron chi connectivity index (χ4n) is 2.32. The third-order valence-corrected chi connectivity index (χ3v) is 5.30. The van der Waals surface area contributed by atoms with Gasteiger partial charge in [-0.2, -0.15) is 0 Å². The van der Waals surface area contributed by atoms with Crippen molar-refractivity contribution in [1.29, 1.82) is 0 Å². The van der Waals surface area contributed by atoms with Crippen molar-refractivity contribution in [2.75, 3.05) is 25.3 Å². The van der Waals surface area contributed by atoms with Gasteiger partial charge in [0.1, 0.15) is 5.75 Å². The molecule has 0 saturated heterocycles. The molecule has 3 rings (SSSR count). The molecule has 0 radical (unpaired) electrons. The molecule has 6 nitrogen and oxygen atoms in total. The Morgan fingerprint density at radius 3 is 2.46 bits per heavy atom. The molecule has 0 saturated carbocycles. The van der Waals surface area contributed by atoms with Crippen LogP contribution in [-0.2, 0) is 9.53 Å². The van der Waals surface area contributed by atoms with Crippen LogP contribution in [0, 0.1) is 0 Å². The van der Waals surface area contributed by atoms with Gasteiger partial charge in [-0.05, 0) is 54.8 Å². The van der Waals surface area contributed by atoms with E-state index >= 15 is 0 Å². The summed E-state index contributed by atoms with van der Waals surface area (Å²) in [6.07, 6.45) is 1.95. The first-order valence-electron chi connectivity index (χ1n) is 8.30. The number of aromatic nitrogens is 1. The molecule has 0 fully saturated rings. The number of carbonyl (C=O) groups is 2. The summed E-state index contributed by atoms with van der Waals surface area (Å²) in [5.74, 6) is -0.219. The largest absolute Gasteiger partial charge is 0.497 e. The van der Waals surface area contributed by atoms with E-state index in [4.69, 9.17) is 9.47 Å². The van der Waals surface area contributed by atoms with E-state index in [0.717, 1.165) is 21.9 Å². The average Bonchev–Trinajstić information content (AvgIpc) is 3.20. The molecular formula is C20H18N2O4S2. The maximum absolute atomic E-state index is 12.0. The highest BCUT2D eigenvalue weighted by atomic mass is 32.2. The van der Waals surface area contributed by atoms with Gasteiger partial charge in [0.2, 0.25) is 0 Å². The maximum atomic E-state index is 12.0. The third kappa shape index (κ3) is 5.11. The number of benzene rings is 2. The highest BCUT2D eigenvalue weighted by Crippen LogP contribution is 2.26. The maximum Gasteiger partial charge on any atom is 0.338 e. The summed E-state index contributed by atoms with van der Waals surface area (Å²) in [5, 5.41) is 4.93. The molecule has 28 heavy (non-hydrogen) atoms. The fourth-order valence-corrected chi connectivity index (χ4v) is 3.47. The van der Waals surface area contributed by atoms with Gasteiger partial charge >= 0.3 is 5.97 Å². The van der Waals surface area contributed by atoms with Crippen LogP contribution in [0.1, 0.15) is 10.4 Å². The first-order chi connectivity index (χ1) is 13.6. The van der Waals surface area contributed by atoms with E-state index in [2.05, 4.69) is 10.3 Å². The number of hydrogen-bond donors (Lipinski definition) is 1. The lowest BCUT2D eigenvalue weighted by molar-refractivity contribution is -0.119. The lowest BCUT2D eigenvalue weighted by Gasteiger charge is -2.05. The number of nitrogens with one attached hydrogen (secondary N) is 1. The molecule has 144 valence electrons. The highest BCUT2D eigenvalue weighted by Gasteiger charge is 2.12. The third-order valence-electron chi connectivity index (χ3n) is 3.80. The summed E-state index contributed by atoms with van der Waals surface area (Å²) < 4.78 is 10.2. The molecule has 0 aliphatic rings. The van der Waals surface area contributed by atoms with Gasteiger partial charge in [0.15, 0.2) is 11.7 Å². The standard InChI is InChI=1S/C20H18N2O4S2/c1-25-15-7-3-13(4-8-15)17-12-28-20(21-17)22-18(23)11-26-19(24)14-5-9-16(27-2)10-6-14/h3-10,12H,11H2,1-2H3,(H,21,22,23). The Kier molecular flexibility index (Phi) is 6.67. The Labute approximate surface area is 170 Å². The van der Waals surface area contributed by atoms with Crippen LogP contribution in [0.15, 0.2) is 58.8 Å². The Hall–Kier alpha value is -2.84. The van der Waals surface area contributed by atoms with Crippen molar-refractivity contribution >= 4 is 40.1 Å². The number of carbonyl (C=O) groups excluding carboxylic acids is 2. The second-order valence-electron chi connectivity index (χ2n) is 5.62. The van der Waals surface area contributed by atoms with Crippen molar-refractivity contribution < 1.29 is 19.1 Å². The molecule has 0 aliphatic carbocycles. The van der Waals surface area contributed by atoms with E-state index in [1.807, 2.05) is 48.0 Å². The molecule has 2 aromatic carbocycles. The van der Waals surface area contributed by atoms with Crippen molar-refractivity contribution in [3.63, 3.8) is 0 Å². The number of anilines is 1. The Morgan fingerprint density at radius 2 is 1.82 bits per heavy atom. The normalized spacial score (nSPS) is 10.4. The molecule has 1 aromatic heterocycles. The minimum Gasteiger partial charge on any atom is -0.497 e. The second kappa shape index (κ2) is 9.38. The van der Waals surface area contributed by atoms with Crippen molar-refractivity contribution in [2.24, 2.45) is 0 Å². The fraction of sp³-hybridized carbons (Fsp3) is 0.150. The molecule has 0 unspecified atom stereocenters. The number of amides is 1. The summed E-state index contributed by atoms with van der Waals surface area (Å²) in [7, 11) is 1.61. The van der Waals surface area contributed by atoms with Crippen LogP contribution in [0.2, 0.25) is 0 Å². The molecular weight excluding hydrogens is 396 g/mol. The summed E-state index contributed by atoms with van der Waals surface area (Å²) in [5.41, 5.74) is 2.06. The van der Waals surface area contributed by atoms with Gasteiger partial charge in [0.05, 0.1) is 18.4 Å². The zero-order valence-corrected chi connectivity index (χ0v) is 16.9. The highest BCUT2D eigenvalue weighted by molar-refractivity contribution is 7.98. The molecule has 3 aromatic rings. The Morgan fingerprint density at radius 1 is 1.11 bits per heavy atom. The van der Waals surface area contributed by atoms with Crippen molar-refractivity contribution in [3.05, 3.63) is 59.5 Å². The van der Waals surface area contributed by atoms with E-state index in [-0.39, 0.29) is 6.61 Å². The molecule has 8 heteroatoms. The van der Waals surface area contributed by atoms with Crippen LogP contribution in [0.3, 0.4) is 0 Å². The molecule has 0 atom stereocenters. The van der Waals surface area contributed by atoms with Gasteiger partial charge < -0.3 is 9.47 Å². The van der Waals surface area contributed by atoms with Crippen molar-refractivity contribution in [1.82, 2.24) is 4.98 Å². The molecule has 1 heterocycles. The van der Waals surface area contributed by atoms with E-state index in [1.54, 1.807) is 31.0 Å². The van der Waals surface area contributed by atoms with E-state index in [1.165, 1.54) is 11.3 Å². The molecule has 0 aliphatic heterocycles. The van der Waals surface area contributed by atoms with E-state index in [9.17, 15) is 9.59 Å². The number of hydrogen-bond acceptors (Lipinski definition) is 7. The van der Waals surface area contributed by atoms with Gasteiger partial charge in [0, 0.05) is 15.8 Å². The number of thiazole rings is 1. The van der Waals surface area contributed by atoms with Crippen LogP contribution >= 0.6 is 23.1 Å². The Bertz CT molecular complexity index is 953. The lowest BCUT2D eigenvalue weighted by atomic mass is 10.2. The molecule has 1 amide bonds. The average molecular weight is 415 g/mol. The first kappa shape index (κ1) is 19.9. The van der Waals surface area contributed by atoms with E-state index in [0.29, 0.717) is 10.7 Å². The monoisotopic (exact) mass is 414 g/mol. The minimum atomic E-state index is -0.541. The van der Waals surface area contributed by atoms with Crippen molar-refractivity contribution in [3.8, 4) is 17.0 Å². The smallest absolute Gasteiger partial charge is 0.338 e. The number of rotatable bonds is 7. The molecule has 0 spiro atoms. The van der Waals surface area contributed by atoms with Crippen molar-refractivity contribution in [2.45, 2.75) is 4.90 Å². The predicted molar refractivity (Wildman–Crippen MR) is 111 cm³/mol. The predicted octanol–water partition coefficient (Wildman–Crippen LogP) is 4.34. The first-order valence-corrected chi connectivity index (χ1v) is 10.4. The van der Waals surface area contributed by atoms with Crippen LogP contribution in [0.25, 0.3) is 11.3 Å². The second-order valence-corrected chi connectivity index (χ2v) is 7.36. The topological polar surface area (TPSA) is 77.5 Å². The zero-order chi connectivity index (χ0) is 19.9. The summed E-state index contributed by atoms with van der Waals surface area (Å²) in [4.78, 5) is 29.5. The van der Waals surface area contributed by atoms with Crippen LogP contribution < -0.4 is 10.1 Å². The summed E-state index contributed by atoms with van der Waals surface area (Å²) in [6, 6.07) is 14.5. The number of ether oxygens (including phenoxy) is 2. The van der Waals surface area contributed by atoms with Gasteiger partial charge in [-0.3, -0.25) is 10.1 Å². The number of methoxy groups -OCH3 is 1. The van der Waals surface area contributed by atoms with Gasteiger partial charge in [-0.1, -0.05) is 0 Å². The quantitative estimate of drug-likeness (QED) is 0.458. The lowest BCUT2D eigenvalue weighted by Crippen LogP contribution is -2.20. The Balaban J connectivity index is 1.53. The zero-order valence-electron chi connectivity index (χ0n) is 15.3. The van der Waals surface area contributed by atoms with Gasteiger partial charge in [-0.15, -0.1) is 23.1 Å². The molecule has 1 N–H and O–H groups in total.